The van der Waals surface area contributed by atoms with Crippen LogP contribution in [-0.4, -0.2) is 52.7 Å². The third-order valence-electron chi connectivity index (χ3n) is 2.96. The van der Waals surface area contributed by atoms with Crippen LogP contribution in [0, 0.1) is 0 Å². The molecule has 0 radical (unpaired) electrons. The van der Waals surface area contributed by atoms with E-state index < -0.39 is 8.64 Å². The lowest BCUT2D eigenvalue weighted by atomic mass is 10.3. The van der Waals surface area contributed by atoms with Crippen LogP contribution in [0.2, 0.25) is 0 Å². The Labute approximate surface area is 94.6 Å². The second-order valence-electron chi connectivity index (χ2n) is 4.49. The molecule has 0 aromatic rings. The van der Waals surface area contributed by atoms with E-state index in [1.54, 1.807) is 0 Å². The zero-order valence-corrected chi connectivity index (χ0v) is 14.2. The smallest absolute Gasteiger partial charge is 0.164 e. The Hall–Kier alpha value is 0.354. The van der Waals surface area contributed by atoms with Crippen molar-refractivity contribution < 1.29 is 0 Å². The average Bonchev–Trinajstić information content (AvgIpc) is 2.04. The van der Waals surface area contributed by atoms with Crippen LogP contribution in [0.3, 0.4) is 0 Å². The molecule has 0 aromatic heterocycles. The summed E-state index contributed by atoms with van der Waals surface area (Å²) in [6.07, 6.45) is 0. The summed E-state index contributed by atoms with van der Waals surface area (Å²) in [5.74, 6) is 0. The van der Waals surface area contributed by atoms with Gasteiger partial charge in [-0.3, -0.25) is 0 Å². The largest absolute Gasteiger partial charge is 0.317 e. The lowest BCUT2D eigenvalue weighted by molar-refractivity contribution is 0.276. The summed E-state index contributed by atoms with van der Waals surface area (Å²) in [7, 11) is 0.619. The van der Waals surface area contributed by atoms with Gasteiger partial charge in [0.15, 0.2) is 8.64 Å². The first-order valence-electron chi connectivity index (χ1n) is 5.97. The van der Waals surface area contributed by atoms with Gasteiger partial charge < -0.3 is 9.13 Å². The highest BCUT2D eigenvalue weighted by Gasteiger charge is 2.24. The molecule has 0 fully saturated rings. The minimum absolute atomic E-state index is 0.713. The summed E-state index contributed by atoms with van der Waals surface area (Å²) in [6, 6.07) is 1.43. The van der Waals surface area contributed by atoms with Crippen molar-refractivity contribution in [3.8, 4) is 0 Å². The molecule has 1 unspecified atom stereocenters. The Morgan fingerprint density at radius 1 is 1.00 bits per heavy atom. The highest BCUT2D eigenvalue weighted by molar-refractivity contribution is 6.99. The van der Waals surface area contributed by atoms with Gasteiger partial charge in [0, 0.05) is 9.76 Å². The van der Waals surface area contributed by atoms with Gasteiger partial charge in [0.05, 0.1) is 0 Å². The number of hydrogen-bond acceptors (Lipinski definition) is 2. The Kier molecular flexibility index (Phi) is 6.94. The lowest BCUT2D eigenvalue weighted by Gasteiger charge is -2.41. The first-order valence-corrected chi connectivity index (χ1v) is 11.6. The van der Waals surface area contributed by atoms with E-state index in [0.29, 0.717) is 12.1 Å². The molecule has 0 saturated heterocycles. The van der Waals surface area contributed by atoms with Crippen molar-refractivity contribution in [3.63, 3.8) is 0 Å². The maximum absolute atomic E-state index is 2.76. The van der Waals surface area contributed by atoms with Crippen molar-refractivity contribution >= 4 is 18.4 Å². The third kappa shape index (κ3) is 3.84. The van der Waals surface area contributed by atoms with E-state index in [2.05, 4.69) is 50.7 Å². The van der Waals surface area contributed by atoms with Crippen LogP contribution in [-0.2, 0) is 0 Å². The van der Waals surface area contributed by atoms with Gasteiger partial charge in [0.1, 0.15) is 0 Å². The van der Waals surface area contributed by atoms with Crippen molar-refractivity contribution in [2.75, 3.05) is 13.1 Å². The fourth-order valence-electron chi connectivity index (χ4n) is 2.40. The van der Waals surface area contributed by atoms with Crippen molar-refractivity contribution in [1.82, 2.24) is 9.13 Å². The molecule has 4 heteroatoms. The van der Waals surface area contributed by atoms with Gasteiger partial charge in [-0.1, -0.05) is 41.5 Å². The summed E-state index contributed by atoms with van der Waals surface area (Å²) in [6.45, 7) is 16.4. The molecule has 2 nitrogen and oxygen atoms in total. The van der Waals surface area contributed by atoms with Gasteiger partial charge in [-0.2, -0.15) is 0 Å². The van der Waals surface area contributed by atoms with Crippen LogP contribution in [0.5, 0.6) is 0 Å². The van der Waals surface area contributed by atoms with Crippen LogP contribution in [0.4, 0.5) is 0 Å². The van der Waals surface area contributed by atoms with Gasteiger partial charge >= 0.3 is 0 Å². The maximum Gasteiger partial charge on any atom is 0.164 e. The van der Waals surface area contributed by atoms with Crippen LogP contribution in [0.1, 0.15) is 41.5 Å². The summed E-state index contributed by atoms with van der Waals surface area (Å²) in [5.41, 5.74) is 0. The Morgan fingerprint density at radius 2 is 1.36 bits per heavy atom. The van der Waals surface area contributed by atoms with Crippen molar-refractivity contribution in [3.05, 3.63) is 0 Å². The topological polar surface area (TPSA) is 6.48 Å². The first-order chi connectivity index (χ1) is 6.45. The van der Waals surface area contributed by atoms with E-state index in [1.165, 1.54) is 22.8 Å². The van der Waals surface area contributed by atoms with Gasteiger partial charge in [-0.25, -0.2) is 0 Å². The quantitative estimate of drug-likeness (QED) is 0.617. The summed E-state index contributed by atoms with van der Waals surface area (Å²) in [4.78, 5) is 0. The van der Waals surface area contributed by atoms with Gasteiger partial charge in [0.2, 0.25) is 0 Å². The van der Waals surface area contributed by atoms with Crippen LogP contribution < -0.4 is 0 Å². The predicted octanol–water partition coefficient (Wildman–Crippen LogP) is 0.530. The molecule has 0 spiro atoms. The van der Waals surface area contributed by atoms with E-state index in [-0.39, 0.29) is 0 Å². The zero-order chi connectivity index (χ0) is 11.3. The standard InChI is InChI=1S/C10H28N2Si2/c1-7-11(8-2)14(13)12(9(3)4)10(5)6/h9-10,14H,7-8H2,1-6,13H3. The zero-order valence-electron chi connectivity index (χ0n) is 11.0. The molecule has 0 saturated carbocycles. The molecule has 0 amide bonds. The molecule has 1 atom stereocenters. The predicted molar refractivity (Wildman–Crippen MR) is 72.1 cm³/mol. The summed E-state index contributed by atoms with van der Waals surface area (Å²) in [5, 5.41) is 0. The molecule has 0 N–H and O–H groups in total. The fraction of sp³-hybridized carbons (Fsp3) is 1.00. The lowest BCUT2D eigenvalue weighted by Crippen LogP contribution is -2.58. The first kappa shape index (κ1) is 14.4. The van der Waals surface area contributed by atoms with Crippen molar-refractivity contribution in [2.45, 2.75) is 53.6 Å². The highest BCUT2D eigenvalue weighted by atomic mass is 29.2. The van der Waals surface area contributed by atoms with Gasteiger partial charge in [-0.05, 0) is 25.2 Å². The molecule has 0 aliphatic heterocycles. The molecule has 0 aliphatic rings. The Bertz CT molecular complexity index is 139. The monoisotopic (exact) mass is 232 g/mol. The third-order valence-corrected chi connectivity index (χ3v) is 10.8. The SMILES string of the molecule is CCN(CC)[SiH]([SiH3])N(C(C)C)C(C)C. The minimum Gasteiger partial charge on any atom is -0.317 e. The van der Waals surface area contributed by atoms with E-state index >= 15 is 0 Å². The Balaban J connectivity index is 4.49. The number of rotatable bonds is 6. The molecule has 0 aliphatic carbocycles. The second-order valence-corrected chi connectivity index (χ2v) is 10.2. The van der Waals surface area contributed by atoms with Crippen molar-refractivity contribution in [2.24, 2.45) is 0 Å². The number of hydrogen-bond donors (Lipinski definition) is 0. The average molecular weight is 233 g/mol. The van der Waals surface area contributed by atoms with Crippen LogP contribution in [0.15, 0.2) is 0 Å². The van der Waals surface area contributed by atoms with E-state index in [4.69, 9.17) is 0 Å². The molecule has 0 heterocycles. The molecular formula is C10H28N2Si2. The minimum atomic E-state index is -0.742. The second kappa shape index (κ2) is 6.77. The van der Waals surface area contributed by atoms with Gasteiger partial charge in [-0.15, -0.1) is 0 Å². The van der Waals surface area contributed by atoms with E-state index in [0.717, 1.165) is 0 Å². The van der Waals surface area contributed by atoms with Gasteiger partial charge in [0.25, 0.3) is 0 Å². The van der Waals surface area contributed by atoms with Crippen molar-refractivity contribution in [1.29, 1.82) is 0 Å². The molecule has 0 aromatic carbocycles. The maximum atomic E-state index is 2.76. The molecule has 86 valence electrons. The number of nitrogens with zero attached hydrogens (tertiary/aromatic N) is 2. The molecular weight excluding hydrogens is 204 g/mol. The Morgan fingerprint density at radius 3 is 1.57 bits per heavy atom. The van der Waals surface area contributed by atoms with E-state index in [1.807, 2.05) is 0 Å². The molecule has 0 bridgehead atoms. The summed E-state index contributed by atoms with van der Waals surface area (Å²) >= 11 is 0. The van der Waals surface area contributed by atoms with Crippen LogP contribution in [0.25, 0.3) is 0 Å². The molecule has 14 heavy (non-hydrogen) atoms. The normalized spacial score (nSPS) is 15.0. The highest BCUT2D eigenvalue weighted by Crippen LogP contribution is 2.09. The van der Waals surface area contributed by atoms with E-state index in [9.17, 15) is 0 Å². The fourth-order valence-corrected chi connectivity index (χ4v) is 11.3. The van der Waals surface area contributed by atoms with Crippen LogP contribution >= 0.6 is 0 Å². The molecule has 0 rings (SSSR count). The summed E-state index contributed by atoms with van der Waals surface area (Å²) < 4.78 is 5.46.